The van der Waals surface area contributed by atoms with Crippen LogP contribution >= 0.6 is 24.0 Å². The van der Waals surface area contributed by atoms with Crippen molar-refractivity contribution in [3.05, 3.63) is 59.0 Å². The molecule has 1 aliphatic rings. The Morgan fingerprint density at radius 3 is 2.61 bits per heavy atom. The van der Waals surface area contributed by atoms with Crippen LogP contribution in [-0.2, 0) is 9.59 Å². The highest BCUT2D eigenvalue weighted by atomic mass is 32.2. The first-order chi connectivity index (χ1) is 13.4. The number of carbonyl (C=O) groups is 2. The molecule has 1 aliphatic heterocycles. The van der Waals surface area contributed by atoms with Crippen LogP contribution in [0.2, 0.25) is 0 Å². The summed E-state index contributed by atoms with van der Waals surface area (Å²) in [5, 5.41) is 21.5. The summed E-state index contributed by atoms with van der Waals surface area (Å²) in [5.41, 5.74) is 1.32. The fourth-order valence-corrected chi connectivity index (χ4v) is 3.93. The van der Waals surface area contributed by atoms with Crippen LogP contribution < -0.4 is 5.32 Å². The summed E-state index contributed by atoms with van der Waals surface area (Å²) in [6.45, 7) is 0.352. The van der Waals surface area contributed by atoms with E-state index >= 15 is 0 Å². The molecule has 3 N–H and O–H groups in total. The van der Waals surface area contributed by atoms with E-state index in [0.717, 1.165) is 0 Å². The maximum atomic E-state index is 12.6. The van der Waals surface area contributed by atoms with Gasteiger partial charge in [0.1, 0.15) is 15.8 Å². The predicted octanol–water partition coefficient (Wildman–Crippen LogP) is 3.72. The Kier molecular flexibility index (Phi) is 6.33. The van der Waals surface area contributed by atoms with Crippen LogP contribution in [0, 0.1) is 0 Å². The standard InChI is InChI=1S/C20H18N2O4S2/c23-15-8-6-14(7-9-15)21-18(25)5-2-10-22-19(26)17(28-20(22)27)12-13-3-1-4-16(24)11-13/h1,3-4,6-9,11-12,23-24H,2,5,10H2,(H,21,25)/b17-12-. The van der Waals surface area contributed by atoms with Gasteiger partial charge in [0.25, 0.3) is 5.91 Å². The van der Waals surface area contributed by atoms with Gasteiger partial charge >= 0.3 is 0 Å². The lowest BCUT2D eigenvalue weighted by molar-refractivity contribution is -0.122. The van der Waals surface area contributed by atoms with Crippen LogP contribution in [-0.4, -0.2) is 37.8 Å². The molecule has 28 heavy (non-hydrogen) atoms. The molecule has 0 aromatic heterocycles. The molecule has 1 saturated heterocycles. The van der Waals surface area contributed by atoms with Crippen LogP contribution in [0.5, 0.6) is 11.5 Å². The normalized spacial score (nSPS) is 15.3. The largest absolute Gasteiger partial charge is 0.508 e. The Balaban J connectivity index is 1.53. The predicted molar refractivity (Wildman–Crippen MR) is 114 cm³/mol. The molecule has 8 heteroatoms. The Morgan fingerprint density at radius 2 is 1.89 bits per heavy atom. The highest BCUT2D eigenvalue weighted by Gasteiger charge is 2.31. The maximum Gasteiger partial charge on any atom is 0.266 e. The second kappa shape index (κ2) is 8.90. The topological polar surface area (TPSA) is 89.9 Å². The number of hydrogen-bond acceptors (Lipinski definition) is 6. The van der Waals surface area contributed by atoms with E-state index in [1.165, 1.54) is 28.8 Å². The third-order valence-electron chi connectivity index (χ3n) is 3.98. The quantitative estimate of drug-likeness (QED) is 0.379. The van der Waals surface area contributed by atoms with Gasteiger partial charge in [-0.25, -0.2) is 0 Å². The zero-order valence-corrected chi connectivity index (χ0v) is 16.4. The van der Waals surface area contributed by atoms with Crippen LogP contribution in [0.4, 0.5) is 5.69 Å². The van der Waals surface area contributed by atoms with E-state index in [9.17, 15) is 19.8 Å². The molecule has 144 valence electrons. The van der Waals surface area contributed by atoms with Crippen molar-refractivity contribution in [3.8, 4) is 11.5 Å². The van der Waals surface area contributed by atoms with E-state index in [1.54, 1.807) is 42.5 Å². The third-order valence-corrected chi connectivity index (χ3v) is 5.36. The van der Waals surface area contributed by atoms with E-state index in [0.29, 0.717) is 33.4 Å². The first-order valence-corrected chi connectivity index (χ1v) is 9.78. The molecule has 2 amide bonds. The average Bonchev–Trinajstić information content (AvgIpc) is 2.91. The minimum atomic E-state index is -0.197. The van der Waals surface area contributed by atoms with Crippen LogP contribution in [0.3, 0.4) is 0 Å². The summed E-state index contributed by atoms with van der Waals surface area (Å²) < 4.78 is 0.454. The summed E-state index contributed by atoms with van der Waals surface area (Å²) in [4.78, 5) is 26.6. The molecule has 2 aromatic rings. The monoisotopic (exact) mass is 414 g/mol. The highest BCUT2D eigenvalue weighted by molar-refractivity contribution is 8.26. The van der Waals surface area contributed by atoms with E-state index in [-0.39, 0.29) is 29.7 Å². The number of aromatic hydroxyl groups is 2. The number of carbonyl (C=O) groups excluding carboxylic acids is 2. The number of amides is 2. The molecule has 2 aromatic carbocycles. The van der Waals surface area contributed by atoms with Gasteiger partial charge < -0.3 is 15.5 Å². The molecule has 0 saturated carbocycles. The van der Waals surface area contributed by atoms with Gasteiger partial charge in [0.15, 0.2) is 0 Å². The summed E-state index contributed by atoms with van der Waals surface area (Å²) in [6, 6.07) is 12.8. The number of anilines is 1. The number of nitrogens with zero attached hydrogens (tertiary/aromatic N) is 1. The summed E-state index contributed by atoms with van der Waals surface area (Å²) in [6.07, 6.45) is 2.40. The van der Waals surface area contributed by atoms with Gasteiger partial charge in [-0.3, -0.25) is 14.5 Å². The Bertz CT molecular complexity index is 941. The smallest absolute Gasteiger partial charge is 0.266 e. The van der Waals surface area contributed by atoms with Crippen molar-refractivity contribution in [2.24, 2.45) is 0 Å². The van der Waals surface area contributed by atoms with E-state index < -0.39 is 0 Å². The maximum absolute atomic E-state index is 12.6. The lowest BCUT2D eigenvalue weighted by Gasteiger charge is -2.14. The number of benzene rings is 2. The fraction of sp³-hybridized carbons (Fsp3) is 0.150. The Morgan fingerprint density at radius 1 is 1.14 bits per heavy atom. The molecule has 6 nitrogen and oxygen atoms in total. The molecule has 3 rings (SSSR count). The van der Waals surface area contributed by atoms with Crippen molar-refractivity contribution < 1.29 is 19.8 Å². The van der Waals surface area contributed by atoms with Crippen molar-refractivity contribution in [1.82, 2.24) is 4.90 Å². The lowest BCUT2D eigenvalue weighted by Crippen LogP contribution is -2.29. The molecular formula is C20H18N2O4S2. The second-order valence-corrected chi connectivity index (χ2v) is 7.80. The third kappa shape index (κ3) is 5.11. The SMILES string of the molecule is O=C(CCCN1C(=O)/C(=C/c2cccc(O)c2)SC1=S)Nc1ccc(O)cc1. The molecule has 0 atom stereocenters. The molecule has 1 fully saturated rings. The molecule has 0 bridgehead atoms. The molecular weight excluding hydrogens is 396 g/mol. The van der Waals surface area contributed by atoms with Crippen molar-refractivity contribution in [2.75, 3.05) is 11.9 Å². The van der Waals surface area contributed by atoms with Crippen LogP contribution in [0.25, 0.3) is 6.08 Å². The Hall–Kier alpha value is -2.84. The van der Waals surface area contributed by atoms with Gasteiger partial charge in [-0.2, -0.15) is 0 Å². The number of phenolic OH excluding ortho intramolecular Hbond substituents is 2. The molecule has 0 aliphatic carbocycles. The van der Waals surface area contributed by atoms with Crippen molar-refractivity contribution >= 4 is 51.9 Å². The number of thiocarbonyl (C=S) groups is 1. The molecule has 0 spiro atoms. The van der Waals surface area contributed by atoms with Crippen molar-refractivity contribution in [1.29, 1.82) is 0 Å². The number of thioether (sulfide) groups is 1. The minimum Gasteiger partial charge on any atom is -0.508 e. The lowest BCUT2D eigenvalue weighted by atomic mass is 10.2. The van der Waals surface area contributed by atoms with E-state index in [4.69, 9.17) is 12.2 Å². The Labute approximate surface area is 171 Å². The summed E-state index contributed by atoms with van der Waals surface area (Å²) in [5.74, 6) is -0.112. The fourth-order valence-electron chi connectivity index (χ4n) is 2.62. The van der Waals surface area contributed by atoms with Gasteiger partial charge in [-0.05, 0) is 54.5 Å². The average molecular weight is 415 g/mol. The zero-order valence-electron chi connectivity index (χ0n) is 14.8. The van der Waals surface area contributed by atoms with Crippen molar-refractivity contribution in [2.45, 2.75) is 12.8 Å². The van der Waals surface area contributed by atoms with Crippen LogP contribution in [0.15, 0.2) is 53.4 Å². The molecule has 0 radical (unpaired) electrons. The summed E-state index contributed by atoms with van der Waals surface area (Å²) in [7, 11) is 0. The van der Waals surface area contributed by atoms with E-state index in [1.807, 2.05) is 0 Å². The number of nitrogens with one attached hydrogen (secondary N) is 1. The molecule has 1 heterocycles. The van der Waals surface area contributed by atoms with Gasteiger partial charge in [-0.1, -0.05) is 36.1 Å². The second-order valence-electron chi connectivity index (χ2n) is 6.13. The zero-order chi connectivity index (χ0) is 20.1. The van der Waals surface area contributed by atoms with Crippen molar-refractivity contribution in [3.63, 3.8) is 0 Å². The first-order valence-electron chi connectivity index (χ1n) is 8.55. The number of rotatable bonds is 6. The van der Waals surface area contributed by atoms with E-state index in [2.05, 4.69) is 5.32 Å². The molecule has 0 unspecified atom stereocenters. The number of phenols is 2. The van der Waals surface area contributed by atoms with Gasteiger partial charge in [0.05, 0.1) is 4.91 Å². The number of hydrogen-bond donors (Lipinski definition) is 3. The van der Waals surface area contributed by atoms with Crippen LogP contribution in [0.1, 0.15) is 18.4 Å². The minimum absolute atomic E-state index is 0.129. The van der Waals surface area contributed by atoms with Gasteiger partial charge in [0.2, 0.25) is 5.91 Å². The van der Waals surface area contributed by atoms with Gasteiger partial charge in [0, 0.05) is 18.7 Å². The first kappa shape index (κ1) is 19.9. The summed E-state index contributed by atoms with van der Waals surface area (Å²) >= 11 is 6.49. The van der Waals surface area contributed by atoms with Gasteiger partial charge in [-0.15, -0.1) is 0 Å². The highest BCUT2D eigenvalue weighted by Crippen LogP contribution is 2.33.